The summed E-state index contributed by atoms with van der Waals surface area (Å²) in [6.07, 6.45) is 10.3. The van der Waals surface area contributed by atoms with E-state index < -0.39 is 0 Å². The van der Waals surface area contributed by atoms with Gasteiger partial charge in [0.15, 0.2) is 0 Å². The molecule has 1 aromatic carbocycles. The molecule has 2 aliphatic rings. The molecule has 24 heavy (non-hydrogen) atoms. The average molecular weight is 326 g/mol. The van der Waals surface area contributed by atoms with Gasteiger partial charge in [-0.15, -0.1) is 0 Å². The molecule has 0 radical (unpaired) electrons. The van der Waals surface area contributed by atoms with Crippen LogP contribution >= 0.6 is 0 Å². The lowest BCUT2D eigenvalue weighted by molar-refractivity contribution is 0.132. The lowest BCUT2D eigenvalue weighted by Gasteiger charge is -2.39. The van der Waals surface area contributed by atoms with Crippen molar-refractivity contribution in [3.05, 3.63) is 30.0 Å². The number of hydrogen-bond donors (Lipinski definition) is 2. The Morgan fingerprint density at radius 1 is 1.12 bits per heavy atom. The molecule has 2 unspecified atom stereocenters. The summed E-state index contributed by atoms with van der Waals surface area (Å²) in [5.41, 5.74) is 2.45. The highest BCUT2D eigenvalue weighted by Gasteiger charge is 2.31. The van der Waals surface area contributed by atoms with Crippen LogP contribution in [0.5, 0.6) is 5.75 Å². The molecular weight excluding hydrogens is 296 g/mol. The van der Waals surface area contributed by atoms with Crippen LogP contribution in [0.25, 0.3) is 10.9 Å². The van der Waals surface area contributed by atoms with Crippen LogP contribution in [0.4, 0.5) is 0 Å². The van der Waals surface area contributed by atoms with Gasteiger partial charge in [0.2, 0.25) is 0 Å². The molecule has 2 fully saturated rings. The van der Waals surface area contributed by atoms with E-state index in [2.05, 4.69) is 28.5 Å². The molecule has 0 saturated heterocycles. The van der Waals surface area contributed by atoms with Crippen molar-refractivity contribution < 1.29 is 4.74 Å². The number of fused-ring (bicyclic) bond motifs is 3. The van der Waals surface area contributed by atoms with Gasteiger partial charge >= 0.3 is 0 Å². The molecule has 2 saturated carbocycles. The highest BCUT2D eigenvalue weighted by atomic mass is 16.5. The molecule has 0 spiro atoms. The summed E-state index contributed by atoms with van der Waals surface area (Å²) in [6, 6.07) is 8.43. The first-order valence-electron chi connectivity index (χ1n) is 9.66. The Morgan fingerprint density at radius 3 is 2.75 bits per heavy atom. The minimum atomic E-state index is 0.920. The van der Waals surface area contributed by atoms with Gasteiger partial charge in [-0.05, 0) is 74.2 Å². The van der Waals surface area contributed by atoms with Gasteiger partial charge in [-0.1, -0.05) is 19.3 Å². The predicted molar refractivity (Wildman–Crippen MR) is 99.3 cm³/mol. The number of H-pyrrole nitrogens is 1. The summed E-state index contributed by atoms with van der Waals surface area (Å²) in [5, 5.41) is 4.87. The molecule has 2 bridgehead atoms. The molecule has 3 nitrogen and oxygen atoms in total. The van der Waals surface area contributed by atoms with Gasteiger partial charge < -0.3 is 15.0 Å². The maximum Gasteiger partial charge on any atom is 0.119 e. The Balaban J connectivity index is 1.25. The third-order valence-corrected chi connectivity index (χ3v) is 6.15. The van der Waals surface area contributed by atoms with Crippen molar-refractivity contribution in [2.45, 2.75) is 51.5 Å². The van der Waals surface area contributed by atoms with Crippen molar-refractivity contribution >= 4 is 10.9 Å². The van der Waals surface area contributed by atoms with Crippen LogP contribution in [-0.2, 0) is 6.54 Å². The maximum absolute atomic E-state index is 5.30. The number of methoxy groups -OCH3 is 1. The smallest absolute Gasteiger partial charge is 0.119 e. The summed E-state index contributed by atoms with van der Waals surface area (Å²) < 4.78 is 5.30. The van der Waals surface area contributed by atoms with Gasteiger partial charge in [-0.3, -0.25) is 0 Å². The van der Waals surface area contributed by atoms with Crippen LogP contribution in [0.1, 0.15) is 50.6 Å². The van der Waals surface area contributed by atoms with Gasteiger partial charge in [-0.2, -0.15) is 0 Å². The van der Waals surface area contributed by atoms with E-state index in [4.69, 9.17) is 4.74 Å². The largest absolute Gasteiger partial charge is 0.497 e. The Bertz CT molecular complexity index is 666. The van der Waals surface area contributed by atoms with Gasteiger partial charge in [0.05, 0.1) is 7.11 Å². The normalized spacial score (nSPS) is 26.6. The minimum absolute atomic E-state index is 0.920. The van der Waals surface area contributed by atoms with E-state index in [1.165, 1.54) is 61.5 Å². The monoisotopic (exact) mass is 326 g/mol. The first kappa shape index (κ1) is 16.0. The van der Waals surface area contributed by atoms with E-state index >= 15 is 0 Å². The first-order chi connectivity index (χ1) is 11.8. The Hall–Kier alpha value is -1.48. The van der Waals surface area contributed by atoms with Crippen molar-refractivity contribution in [2.75, 3.05) is 13.7 Å². The summed E-state index contributed by atoms with van der Waals surface area (Å²) >= 11 is 0. The van der Waals surface area contributed by atoms with E-state index in [-0.39, 0.29) is 0 Å². The zero-order valence-corrected chi connectivity index (χ0v) is 14.8. The highest BCUT2D eigenvalue weighted by Crippen LogP contribution is 2.43. The fourth-order valence-corrected chi connectivity index (χ4v) is 5.03. The number of rotatable bonds is 6. The van der Waals surface area contributed by atoms with Crippen molar-refractivity contribution in [1.82, 2.24) is 10.3 Å². The molecule has 1 heterocycles. The first-order valence-corrected chi connectivity index (χ1v) is 9.66. The third kappa shape index (κ3) is 3.61. The Morgan fingerprint density at radius 2 is 1.96 bits per heavy atom. The van der Waals surface area contributed by atoms with E-state index in [1.54, 1.807) is 7.11 Å². The zero-order chi connectivity index (χ0) is 16.4. The van der Waals surface area contributed by atoms with Gasteiger partial charge in [0.1, 0.15) is 5.75 Å². The molecule has 2 aliphatic carbocycles. The molecule has 1 aromatic heterocycles. The van der Waals surface area contributed by atoms with Crippen LogP contribution in [0.3, 0.4) is 0 Å². The topological polar surface area (TPSA) is 37.0 Å². The third-order valence-electron chi connectivity index (χ3n) is 6.15. The number of nitrogens with one attached hydrogen (secondary N) is 2. The molecular formula is C21H30N2O. The number of aromatic amines is 1. The fraction of sp³-hybridized carbons (Fsp3) is 0.619. The van der Waals surface area contributed by atoms with Gasteiger partial charge in [0.25, 0.3) is 0 Å². The van der Waals surface area contributed by atoms with E-state index in [0.29, 0.717) is 0 Å². The highest BCUT2D eigenvalue weighted by molar-refractivity contribution is 5.81. The van der Waals surface area contributed by atoms with E-state index in [0.717, 1.165) is 36.6 Å². The van der Waals surface area contributed by atoms with Crippen molar-refractivity contribution in [3.63, 3.8) is 0 Å². The fourth-order valence-electron chi connectivity index (χ4n) is 5.03. The molecule has 0 aliphatic heterocycles. The quantitative estimate of drug-likeness (QED) is 0.743. The molecule has 2 N–H and O–H groups in total. The number of aromatic nitrogens is 1. The number of hydrogen-bond acceptors (Lipinski definition) is 2. The SMILES string of the molecule is COc1ccc2[nH]c(CNCCC3CC4CCCC(C4)C3)cc2c1. The summed E-state index contributed by atoms with van der Waals surface area (Å²) in [5.74, 6) is 3.98. The molecule has 3 heteroatoms. The standard InChI is InChI=1S/C21H30N2O/c1-24-20-5-6-21-18(13-20)12-19(23-21)14-22-8-7-17-10-15-3-2-4-16(9-15)11-17/h5-6,12-13,15-17,22-23H,2-4,7-11,14H2,1H3. The second kappa shape index (κ2) is 7.18. The van der Waals surface area contributed by atoms with Crippen LogP contribution in [-0.4, -0.2) is 18.6 Å². The molecule has 2 aromatic rings. The van der Waals surface area contributed by atoms with Crippen molar-refractivity contribution in [3.8, 4) is 5.75 Å². The molecule has 130 valence electrons. The number of ether oxygens (including phenoxy) is 1. The maximum atomic E-state index is 5.30. The summed E-state index contributed by atoms with van der Waals surface area (Å²) in [4.78, 5) is 3.50. The summed E-state index contributed by atoms with van der Waals surface area (Å²) in [6.45, 7) is 2.07. The molecule has 2 atom stereocenters. The lowest BCUT2D eigenvalue weighted by Crippen LogP contribution is -2.28. The van der Waals surface area contributed by atoms with Crippen LogP contribution in [0, 0.1) is 17.8 Å². The van der Waals surface area contributed by atoms with Gasteiger partial charge in [-0.25, -0.2) is 0 Å². The number of benzene rings is 1. The molecule has 0 amide bonds. The minimum Gasteiger partial charge on any atom is -0.497 e. The Kier molecular flexibility index (Phi) is 4.79. The average Bonchev–Trinajstić information content (AvgIpc) is 3.00. The lowest BCUT2D eigenvalue weighted by atomic mass is 9.67. The van der Waals surface area contributed by atoms with Crippen LogP contribution in [0.15, 0.2) is 24.3 Å². The van der Waals surface area contributed by atoms with E-state index in [9.17, 15) is 0 Å². The summed E-state index contributed by atoms with van der Waals surface area (Å²) in [7, 11) is 1.72. The van der Waals surface area contributed by atoms with Gasteiger partial charge in [0, 0.05) is 23.1 Å². The van der Waals surface area contributed by atoms with Crippen LogP contribution < -0.4 is 10.1 Å². The Labute approximate surface area is 145 Å². The second-order valence-corrected chi connectivity index (χ2v) is 7.95. The van der Waals surface area contributed by atoms with Crippen molar-refractivity contribution in [2.24, 2.45) is 17.8 Å². The second-order valence-electron chi connectivity index (χ2n) is 7.95. The molecule has 4 rings (SSSR count). The zero-order valence-electron chi connectivity index (χ0n) is 14.8. The van der Waals surface area contributed by atoms with Crippen LogP contribution in [0.2, 0.25) is 0 Å². The van der Waals surface area contributed by atoms with Crippen molar-refractivity contribution in [1.29, 1.82) is 0 Å². The van der Waals surface area contributed by atoms with E-state index in [1.807, 2.05) is 6.07 Å². The predicted octanol–water partition coefficient (Wildman–Crippen LogP) is 4.87.